The molecule has 234 valence electrons. The van der Waals surface area contributed by atoms with Crippen LogP contribution in [0.1, 0.15) is 31.9 Å². The van der Waals surface area contributed by atoms with Crippen molar-refractivity contribution in [3.63, 3.8) is 0 Å². The van der Waals surface area contributed by atoms with Gasteiger partial charge in [0, 0.05) is 13.3 Å². The maximum Gasteiger partial charge on any atom is 0.410 e. The van der Waals surface area contributed by atoms with E-state index in [2.05, 4.69) is 5.32 Å². The van der Waals surface area contributed by atoms with Crippen molar-refractivity contribution in [3.8, 4) is 5.75 Å². The lowest BCUT2D eigenvalue weighted by atomic mass is 9.87. The van der Waals surface area contributed by atoms with E-state index in [0.29, 0.717) is 11.3 Å². The number of rotatable bonds is 12. The highest BCUT2D eigenvalue weighted by Crippen LogP contribution is 2.40. The summed E-state index contributed by atoms with van der Waals surface area (Å²) in [6.07, 6.45) is -2.63. The molecule has 11 nitrogen and oxygen atoms in total. The van der Waals surface area contributed by atoms with Gasteiger partial charge < -0.3 is 24.6 Å². The lowest BCUT2D eigenvalue weighted by Gasteiger charge is -2.48. The standard InChI is InChI=1S/C31H33FN2O9S/c1-20(2)29(37)41-21(3)42-30(38)33-27(28(35)36)17-22-8-7-11-26(16-22)44(39,40)34-18-31(19-34,23-9-5-4-6-10-23)43-25-14-12-24(32)13-15-25/h4-16,20-21,27H,17-19H2,1-3H3,(H,33,38)(H,35,36)/t21-,27?/m0/s1. The zero-order chi connectivity index (χ0) is 32.1. The van der Waals surface area contributed by atoms with E-state index >= 15 is 0 Å². The number of sulfonamides is 1. The number of hydrogen-bond acceptors (Lipinski definition) is 8. The van der Waals surface area contributed by atoms with Crippen molar-refractivity contribution >= 4 is 28.1 Å². The molecule has 1 unspecified atom stereocenters. The number of nitrogens with zero attached hydrogens (tertiary/aromatic N) is 1. The van der Waals surface area contributed by atoms with E-state index in [0.717, 1.165) is 5.56 Å². The van der Waals surface area contributed by atoms with Crippen LogP contribution in [-0.2, 0) is 41.1 Å². The Balaban J connectivity index is 1.46. The van der Waals surface area contributed by atoms with Crippen LogP contribution in [0.4, 0.5) is 9.18 Å². The number of carboxylic acids is 1. The summed E-state index contributed by atoms with van der Waals surface area (Å²) in [6.45, 7) is 4.48. The average Bonchev–Trinajstić information content (AvgIpc) is 2.95. The van der Waals surface area contributed by atoms with Gasteiger partial charge in [0.15, 0.2) is 5.60 Å². The molecule has 3 aromatic carbocycles. The second-order valence-electron chi connectivity index (χ2n) is 10.6. The lowest BCUT2D eigenvalue weighted by molar-refractivity contribution is -0.169. The first-order chi connectivity index (χ1) is 20.8. The van der Waals surface area contributed by atoms with Crippen LogP contribution in [-0.4, -0.2) is 61.3 Å². The summed E-state index contributed by atoms with van der Waals surface area (Å²) in [6, 6.07) is 18.9. The van der Waals surface area contributed by atoms with Crippen LogP contribution in [0, 0.1) is 11.7 Å². The molecule has 3 aromatic rings. The molecule has 1 saturated heterocycles. The molecule has 0 bridgehead atoms. The lowest BCUT2D eigenvalue weighted by Crippen LogP contribution is -2.64. The van der Waals surface area contributed by atoms with E-state index in [4.69, 9.17) is 14.2 Å². The fraction of sp³-hybridized carbons (Fsp3) is 0.323. The SMILES string of the molecule is CC(C)C(=O)O[C@H](C)OC(=O)NC(Cc1cccc(S(=O)(=O)N2CC(Oc3ccc(F)cc3)(c3ccccc3)C2)c1)C(=O)O. The highest BCUT2D eigenvalue weighted by molar-refractivity contribution is 7.89. The summed E-state index contributed by atoms with van der Waals surface area (Å²) >= 11 is 0. The van der Waals surface area contributed by atoms with Crippen molar-refractivity contribution in [2.24, 2.45) is 5.92 Å². The van der Waals surface area contributed by atoms with Crippen LogP contribution in [0.2, 0.25) is 0 Å². The molecule has 1 aliphatic rings. The number of ether oxygens (including phenoxy) is 3. The van der Waals surface area contributed by atoms with E-state index in [1.807, 2.05) is 30.3 Å². The minimum atomic E-state index is -4.03. The minimum absolute atomic E-state index is 0.0222. The quantitative estimate of drug-likeness (QED) is 0.224. The van der Waals surface area contributed by atoms with Crippen LogP contribution < -0.4 is 10.1 Å². The van der Waals surface area contributed by atoms with E-state index < -0.39 is 57.7 Å². The Morgan fingerprint density at radius 2 is 1.61 bits per heavy atom. The number of alkyl carbamates (subject to hydrolysis) is 1. The number of carbonyl (C=O) groups excluding carboxylic acids is 2. The smallest absolute Gasteiger partial charge is 0.410 e. The summed E-state index contributed by atoms with van der Waals surface area (Å²) in [7, 11) is -4.03. The van der Waals surface area contributed by atoms with Crippen molar-refractivity contribution < 1.29 is 46.5 Å². The molecule has 1 amide bonds. The third-order valence-corrected chi connectivity index (χ3v) is 8.67. The summed E-state index contributed by atoms with van der Waals surface area (Å²) < 4.78 is 58.0. The summed E-state index contributed by atoms with van der Waals surface area (Å²) in [5.74, 6) is -2.47. The molecule has 2 N–H and O–H groups in total. The molecule has 13 heteroatoms. The highest BCUT2D eigenvalue weighted by Gasteiger charge is 2.52. The van der Waals surface area contributed by atoms with Gasteiger partial charge in [0.05, 0.1) is 23.9 Å². The molecule has 2 atom stereocenters. The largest absolute Gasteiger partial charge is 0.480 e. The molecule has 1 fully saturated rings. The normalized spacial score (nSPS) is 15.8. The van der Waals surface area contributed by atoms with E-state index in [-0.39, 0.29) is 24.4 Å². The van der Waals surface area contributed by atoms with Gasteiger partial charge in [-0.15, -0.1) is 0 Å². The first kappa shape index (κ1) is 32.4. The number of hydrogen-bond donors (Lipinski definition) is 2. The van der Waals surface area contributed by atoms with Gasteiger partial charge in [0.1, 0.15) is 17.6 Å². The third-order valence-electron chi connectivity index (χ3n) is 6.88. The van der Waals surface area contributed by atoms with E-state index in [9.17, 15) is 32.3 Å². The minimum Gasteiger partial charge on any atom is -0.480 e. The fourth-order valence-electron chi connectivity index (χ4n) is 4.54. The van der Waals surface area contributed by atoms with Crippen molar-refractivity contribution in [1.82, 2.24) is 9.62 Å². The Morgan fingerprint density at radius 3 is 2.23 bits per heavy atom. The molecule has 44 heavy (non-hydrogen) atoms. The molecule has 0 spiro atoms. The number of amides is 1. The molecule has 0 aliphatic carbocycles. The van der Waals surface area contributed by atoms with Crippen molar-refractivity contribution in [2.45, 2.75) is 50.0 Å². The van der Waals surface area contributed by atoms with Crippen LogP contribution in [0.5, 0.6) is 5.75 Å². The predicted molar refractivity (Wildman–Crippen MR) is 155 cm³/mol. The van der Waals surface area contributed by atoms with Gasteiger partial charge in [-0.3, -0.25) is 4.79 Å². The zero-order valence-electron chi connectivity index (χ0n) is 24.3. The van der Waals surface area contributed by atoms with Crippen molar-refractivity contribution in [2.75, 3.05) is 13.1 Å². The van der Waals surface area contributed by atoms with E-state index in [1.165, 1.54) is 59.8 Å². The van der Waals surface area contributed by atoms with Gasteiger partial charge in [-0.1, -0.05) is 56.3 Å². The van der Waals surface area contributed by atoms with Crippen molar-refractivity contribution in [3.05, 3.63) is 95.8 Å². The Labute approximate surface area is 254 Å². The Kier molecular flexibility index (Phi) is 9.90. The number of nitrogens with one attached hydrogen (secondary N) is 1. The fourth-order valence-corrected chi connectivity index (χ4v) is 6.14. The van der Waals surface area contributed by atoms with Crippen molar-refractivity contribution in [1.29, 1.82) is 0 Å². The van der Waals surface area contributed by atoms with Gasteiger partial charge >= 0.3 is 18.0 Å². The number of halogens is 1. The molecular formula is C31H33FN2O9S. The van der Waals surface area contributed by atoms with Gasteiger partial charge in [0.2, 0.25) is 16.3 Å². The molecule has 1 aliphatic heterocycles. The molecule has 0 aromatic heterocycles. The predicted octanol–water partition coefficient (Wildman–Crippen LogP) is 4.07. The number of carboxylic acid groups (broad SMARTS) is 1. The second-order valence-corrected chi connectivity index (χ2v) is 12.6. The molecular weight excluding hydrogens is 595 g/mol. The topological polar surface area (TPSA) is 149 Å². The zero-order valence-corrected chi connectivity index (χ0v) is 25.1. The number of benzene rings is 3. The summed E-state index contributed by atoms with van der Waals surface area (Å²) in [4.78, 5) is 35.8. The monoisotopic (exact) mass is 628 g/mol. The summed E-state index contributed by atoms with van der Waals surface area (Å²) in [5.41, 5.74) is 0.0684. The van der Waals surface area contributed by atoms with Gasteiger partial charge in [0.25, 0.3) is 0 Å². The summed E-state index contributed by atoms with van der Waals surface area (Å²) in [5, 5.41) is 11.9. The maximum atomic E-state index is 13.6. The van der Waals surface area contributed by atoms with Gasteiger partial charge in [-0.05, 0) is 47.5 Å². The number of aliphatic carboxylic acids is 1. The first-order valence-electron chi connectivity index (χ1n) is 13.8. The Bertz CT molecular complexity index is 1590. The van der Waals surface area contributed by atoms with Crippen LogP contribution in [0.3, 0.4) is 0 Å². The number of esters is 1. The average molecular weight is 629 g/mol. The van der Waals surface area contributed by atoms with Crippen LogP contribution >= 0.6 is 0 Å². The van der Waals surface area contributed by atoms with Crippen LogP contribution in [0.15, 0.2) is 83.8 Å². The first-order valence-corrected chi connectivity index (χ1v) is 15.2. The third kappa shape index (κ3) is 7.71. The Hall–Kier alpha value is -4.49. The Morgan fingerprint density at radius 1 is 0.955 bits per heavy atom. The highest BCUT2D eigenvalue weighted by atomic mass is 32.2. The van der Waals surface area contributed by atoms with Gasteiger partial charge in [-0.2, -0.15) is 4.31 Å². The second kappa shape index (κ2) is 13.4. The molecule has 1 heterocycles. The maximum absolute atomic E-state index is 13.6. The van der Waals surface area contributed by atoms with Gasteiger partial charge in [-0.25, -0.2) is 22.4 Å². The molecule has 4 rings (SSSR count). The molecule has 0 radical (unpaired) electrons. The number of carbonyl (C=O) groups is 3. The van der Waals surface area contributed by atoms with E-state index in [1.54, 1.807) is 13.8 Å². The van der Waals surface area contributed by atoms with Crippen LogP contribution in [0.25, 0.3) is 0 Å². The molecule has 0 saturated carbocycles.